The molecular formula is C14H23N3O2S. The summed E-state index contributed by atoms with van der Waals surface area (Å²) in [7, 11) is -3.21. The normalized spacial score (nSPS) is 23.1. The van der Waals surface area contributed by atoms with Crippen LogP contribution in [0.4, 0.5) is 0 Å². The summed E-state index contributed by atoms with van der Waals surface area (Å²) < 4.78 is 26.7. The predicted octanol–water partition coefficient (Wildman–Crippen LogP) is 0.919. The first-order valence-corrected chi connectivity index (χ1v) is 8.82. The number of hydrogen-bond donors (Lipinski definition) is 2. The van der Waals surface area contributed by atoms with Crippen LogP contribution in [-0.2, 0) is 16.4 Å². The Morgan fingerprint density at radius 3 is 2.65 bits per heavy atom. The van der Waals surface area contributed by atoms with E-state index in [1.165, 1.54) is 0 Å². The molecule has 112 valence electrons. The molecule has 2 rings (SSSR count). The Bertz CT molecular complexity index is 504. The maximum Gasteiger partial charge on any atom is 0.211 e. The first-order chi connectivity index (χ1) is 9.61. The van der Waals surface area contributed by atoms with Gasteiger partial charge in [-0.05, 0) is 55.3 Å². The number of nitrogens with zero attached hydrogens (tertiary/aromatic N) is 1. The van der Waals surface area contributed by atoms with Gasteiger partial charge in [0.2, 0.25) is 10.0 Å². The smallest absolute Gasteiger partial charge is 0.211 e. The first kappa shape index (κ1) is 15.4. The van der Waals surface area contributed by atoms with E-state index in [-0.39, 0.29) is 5.75 Å². The van der Waals surface area contributed by atoms with E-state index in [9.17, 15) is 8.42 Å². The molecule has 0 amide bonds. The van der Waals surface area contributed by atoms with Crippen LogP contribution >= 0.6 is 0 Å². The van der Waals surface area contributed by atoms with Crippen LogP contribution in [0.3, 0.4) is 0 Å². The van der Waals surface area contributed by atoms with Gasteiger partial charge in [0.1, 0.15) is 0 Å². The highest BCUT2D eigenvalue weighted by Crippen LogP contribution is 2.30. The average Bonchev–Trinajstić information content (AvgIpc) is 2.92. The predicted molar refractivity (Wildman–Crippen MR) is 79.6 cm³/mol. The van der Waals surface area contributed by atoms with Crippen molar-refractivity contribution in [1.82, 2.24) is 9.71 Å². The van der Waals surface area contributed by atoms with E-state index in [1.807, 2.05) is 12.1 Å². The van der Waals surface area contributed by atoms with Crippen molar-refractivity contribution < 1.29 is 8.42 Å². The van der Waals surface area contributed by atoms with Gasteiger partial charge in [-0.25, -0.2) is 13.1 Å². The molecular weight excluding hydrogens is 274 g/mol. The Balaban J connectivity index is 1.79. The van der Waals surface area contributed by atoms with E-state index in [0.29, 0.717) is 31.3 Å². The van der Waals surface area contributed by atoms with Gasteiger partial charge >= 0.3 is 0 Å². The molecule has 1 aromatic heterocycles. The molecule has 1 aliphatic carbocycles. The minimum absolute atomic E-state index is 0.122. The summed E-state index contributed by atoms with van der Waals surface area (Å²) in [6, 6.07) is 3.69. The van der Waals surface area contributed by atoms with Crippen LogP contribution < -0.4 is 10.5 Å². The van der Waals surface area contributed by atoms with Crippen LogP contribution in [-0.4, -0.2) is 32.2 Å². The minimum atomic E-state index is -3.21. The van der Waals surface area contributed by atoms with Crippen molar-refractivity contribution in [3.63, 3.8) is 0 Å². The van der Waals surface area contributed by atoms with E-state index >= 15 is 0 Å². The molecule has 2 unspecified atom stereocenters. The molecule has 5 nitrogen and oxygen atoms in total. The molecule has 0 aromatic carbocycles. The number of nitrogens with one attached hydrogen (secondary N) is 1. The van der Waals surface area contributed by atoms with Crippen LogP contribution in [0, 0.1) is 11.8 Å². The topological polar surface area (TPSA) is 85.1 Å². The van der Waals surface area contributed by atoms with Gasteiger partial charge in [0.15, 0.2) is 0 Å². The van der Waals surface area contributed by atoms with Crippen LogP contribution in [0.5, 0.6) is 0 Å². The summed E-state index contributed by atoms with van der Waals surface area (Å²) in [5.74, 6) is 0.991. The van der Waals surface area contributed by atoms with E-state index in [4.69, 9.17) is 5.73 Å². The number of rotatable bonds is 7. The Morgan fingerprint density at radius 1 is 1.25 bits per heavy atom. The molecule has 20 heavy (non-hydrogen) atoms. The van der Waals surface area contributed by atoms with Gasteiger partial charge < -0.3 is 5.73 Å². The standard InChI is InChI=1S/C14H23N3O2S/c15-10-13-2-1-3-14(13)11-17-20(18,19)9-6-12-4-7-16-8-5-12/h4-5,7-8,13-14,17H,1-3,6,9-11,15H2. The zero-order valence-corrected chi connectivity index (χ0v) is 12.5. The zero-order chi connectivity index (χ0) is 14.4. The van der Waals surface area contributed by atoms with Gasteiger partial charge in [-0.3, -0.25) is 4.98 Å². The molecule has 2 atom stereocenters. The SMILES string of the molecule is NCC1CCCC1CNS(=O)(=O)CCc1ccncc1. The number of hydrogen-bond acceptors (Lipinski definition) is 4. The van der Waals surface area contributed by atoms with Gasteiger partial charge in [-0.2, -0.15) is 0 Å². The second-order valence-electron chi connectivity index (χ2n) is 5.46. The molecule has 3 N–H and O–H groups in total. The third-order valence-electron chi connectivity index (χ3n) is 4.09. The molecule has 0 aliphatic heterocycles. The fourth-order valence-corrected chi connectivity index (χ4v) is 3.92. The van der Waals surface area contributed by atoms with Gasteiger partial charge in [0.05, 0.1) is 5.75 Å². The van der Waals surface area contributed by atoms with Gasteiger partial charge in [0.25, 0.3) is 0 Å². The summed E-state index contributed by atoms with van der Waals surface area (Å²) >= 11 is 0. The maximum atomic E-state index is 12.0. The minimum Gasteiger partial charge on any atom is -0.330 e. The highest BCUT2D eigenvalue weighted by Gasteiger charge is 2.27. The number of sulfonamides is 1. The summed E-state index contributed by atoms with van der Waals surface area (Å²) in [5, 5.41) is 0. The fourth-order valence-electron chi connectivity index (χ4n) is 2.80. The lowest BCUT2D eigenvalue weighted by Crippen LogP contribution is -2.34. The highest BCUT2D eigenvalue weighted by molar-refractivity contribution is 7.89. The lowest BCUT2D eigenvalue weighted by atomic mass is 9.97. The molecule has 0 spiro atoms. The second kappa shape index (κ2) is 7.15. The summed E-state index contributed by atoms with van der Waals surface area (Å²) in [6.07, 6.45) is 7.24. The number of aryl methyl sites for hydroxylation is 1. The van der Waals surface area contributed by atoms with Gasteiger partial charge in [0, 0.05) is 18.9 Å². The highest BCUT2D eigenvalue weighted by atomic mass is 32.2. The third kappa shape index (κ3) is 4.54. The Morgan fingerprint density at radius 2 is 1.95 bits per heavy atom. The van der Waals surface area contributed by atoms with Crippen molar-refractivity contribution in [3.8, 4) is 0 Å². The van der Waals surface area contributed by atoms with Crippen molar-refractivity contribution in [3.05, 3.63) is 30.1 Å². The summed E-state index contributed by atoms with van der Waals surface area (Å²) in [6.45, 7) is 1.18. The van der Waals surface area contributed by atoms with Crippen molar-refractivity contribution in [2.45, 2.75) is 25.7 Å². The van der Waals surface area contributed by atoms with Crippen molar-refractivity contribution in [2.24, 2.45) is 17.6 Å². The molecule has 0 saturated heterocycles. The average molecular weight is 297 g/mol. The Kier molecular flexibility index (Phi) is 5.51. The number of pyridine rings is 1. The number of aromatic nitrogens is 1. The van der Waals surface area contributed by atoms with E-state index < -0.39 is 10.0 Å². The molecule has 1 heterocycles. The summed E-state index contributed by atoms with van der Waals surface area (Å²) in [5.41, 5.74) is 6.71. The van der Waals surface area contributed by atoms with E-state index in [1.54, 1.807) is 12.4 Å². The molecule has 1 saturated carbocycles. The Labute approximate surface area is 121 Å². The van der Waals surface area contributed by atoms with Crippen LogP contribution in [0.1, 0.15) is 24.8 Å². The van der Waals surface area contributed by atoms with Crippen LogP contribution in [0.15, 0.2) is 24.5 Å². The largest absolute Gasteiger partial charge is 0.330 e. The third-order valence-corrected chi connectivity index (χ3v) is 5.44. The monoisotopic (exact) mass is 297 g/mol. The first-order valence-electron chi connectivity index (χ1n) is 7.17. The van der Waals surface area contributed by atoms with Gasteiger partial charge in [-0.15, -0.1) is 0 Å². The van der Waals surface area contributed by atoms with Crippen molar-refractivity contribution in [2.75, 3.05) is 18.8 Å². The molecule has 0 bridgehead atoms. The number of nitrogens with two attached hydrogens (primary N) is 1. The molecule has 1 fully saturated rings. The molecule has 1 aromatic rings. The van der Waals surface area contributed by atoms with Crippen molar-refractivity contribution >= 4 is 10.0 Å². The van der Waals surface area contributed by atoms with Crippen LogP contribution in [0.25, 0.3) is 0 Å². The fraction of sp³-hybridized carbons (Fsp3) is 0.643. The summed E-state index contributed by atoms with van der Waals surface area (Å²) in [4.78, 5) is 3.92. The van der Waals surface area contributed by atoms with Crippen molar-refractivity contribution in [1.29, 1.82) is 0 Å². The van der Waals surface area contributed by atoms with E-state index in [2.05, 4.69) is 9.71 Å². The Hall–Kier alpha value is -0.980. The van der Waals surface area contributed by atoms with Crippen LogP contribution in [0.2, 0.25) is 0 Å². The zero-order valence-electron chi connectivity index (χ0n) is 11.7. The molecule has 6 heteroatoms. The maximum absolute atomic E-state index is 12.0. The quantitative estimate of drug-likeness (QED) is 0.783. The van der Waals surface area contributed by atoms with E-state index in [0.717, 1.165) is 24.8 Å². The molecule has 1 aliphatic rings. The second-order valence-corrected chi connectivity index (χ2v) is 7.39. The lowest BCUT2D eigenvalue weighted by molar-refractivity contribution is 0.393. The van der Waals surface area contributed by atoms with Gasteiger partial charge in [-0.1, -0.05) is 6.42 Å². The molecule has 0 radical (unpaired) electrons. The lowest BCUT2D eigenvalue weighted by Gasteiger charge is -2.18.